The lowest BCUT2D eigenvalue weighted by molar-refractivity contribution is 0.146. The highest BCUT2D eigenvalue weighted by atomic mass is 79.9. The summed E-state index contributed by atoms with van der Waals surface area (Å²) in [6.07, 6.45) is 3.66. The average molecular weight is 301 g/mol. The number of aromatic nitrogens is 1. The van der Waals surface area contributed by atoms with Crippen molar-refractivity contribution in [2.24, 2.45) is 5.92 Å². The van der Waals surface area contributed by atoms with Crippen LogP contribution in [0.25, 0.3) is 0 Å². The molecule has 1 aromatic heterocycles. The van der Waals surface area contributed by atoms with Crippen LogP contribution in [-0.2, 0) is 0 Å². The molecular formula is C13H21BrN2O. The Morgan fingerprint density at radius 1 is 1.29 bits per heavy atom. The number of nitrogens with one attached hydrogen (secondary N) is 1. The van der Waals surface area contributed by atoms with E-state index in [1.165, 1.54) is 0 Å². The number of pyridine rings is 1. The number of hydrogen-bond donors (Lipinski definition) is 1. The van der Waals surface area contributed by atoms with Crippen LogP contribution < -0.4 is 10.1 Å². The molecule has 1 N–H and O–H groups in total. The van der Waals surface area contributed by atoms with Crippen LogP contribution in [0.1, 0.15) is 27.7 Å². The Kier molecular flexibility index (Phi) is 5.92. The molecule has 0 saturated carbocycles. The van der Waals surface area contributed by atoms with Gasteiger partial charge in [0.1, 0.15) is 11.9 Å². The molecule has 0 spiro atoms. The number of rotatable bonds is 6. The van der Waals surface area contributed by atoms with Crippen LogP contribution in [0.4, 0.5) is 0 Å². The normalized spacial score (nSPS) is 13.1. The number of hydrogen-bond acceptors (Lipinski definition) is 3. The lowest BCUT2D eigenvalue weighted by atomic mass is 10.1. The first kappa shape index (κ1) is 14.5. The van der Waals surface area contributed by atoms with Gasteiger partial charge in [0.2, 0.25) is 0 Å². The van der Waals surface area contributed by atoms with Crippen LogP contribution in [-0.4, -0.2) is 23.7 Å². The van der Waals surface area contributed by atoms with Crippen LogP contribution in [0.15, 0.2) is 22.9 Å². The molecule has 1 unspecified atom stereocenters. The van der Waals surface area contributed by atoms with Crippen molar-refractivity contribution >= 4 is 15.9 Å². The van der Waals surface area contributed by atoms with E-state index in [1.807, 2.05) is 6.07 Å². The van der Waals surface area contributed by atoms with Gasteiger partial charge in [-0.2, -0.15) is 0 Å². The van der Waals surface area contributed by atoms with Gasteiger partial charge in [-0.1, -0.05) is 27.7 Å². The molecular weight excluding hydrogens is 280 g/mol. The molecule has 1 atom stereocenters. The Hall–Kier alpha value is -0.610. The molecule has 17 heavy (non-hydrogen) atoms. The van der Waals surface area contributed by atoms with E-state index in [0.29, 0.717) is 12.0 Å². The summed E-state index contributed by atoms with van der Waals surface area (Å²) in [5, 5.41) is 3.40. The van der Waals surface area contributed by atoms with Crippen LogP contribution in [0.5, 0.6) is 5.75 Å². The van der Waals surface area contributed by atoms with Crippen LogP contribution in [0.3, 0.4) is 0 Å². The van der Waals surface area contributed by atoms with Crippen LogP contribution in [0.2, 0.25) is 0 Å². The van der Waals surface area contributed by atoms with E-state index in [2.05, 4.69) is 53.9 Å². The first-order valence-electron chi connectivity index (χ1n) is 5.99. The molecule has 0 saturated heterocycles. The van der Waals surface area contributed by atoms with Crippen molar-refractivity contribution in [2.75, 3.05) is 6.54 Å². The summed E-state index contributed by atoms with van der Waals surface area (Å²) in [5.41, 5.74) is 0. The zero-order valence-corrected chi connectivity index (χ0v) is 12.5. The zero-order valence-electron chi connectivity index (χ0n) is 10.9. The Balaban J connectivity index is 2.60. The van der Waals surface area contributed by atoms with Gasteiger partial charge in [0.25, 0.3) is 0 Å². The van der Waals surface area contributed by atoms with Crippen molar-refractivity contribution in [3.8, 4) is 5.75 Å². The van der Waals surface area contributed by atoms with Gasteiger partial charge in [-0.3, -0.25) is 4.98 Å². The Labute approximate surface area is 112 Å². The molecule has 0 aromatic carbocycles. The summed E-state index contributed by atoms with van der Waals surface area (Å²) in [5.74, 6) is 1.27. The van der Waals surface area contributed by atoms with E-state index in [4.69, 9.17) is 4.74 Å². The monoisotopic (exact) mass is 300 g/mol. The zero-order chi connectivity index (χ0) is 12.8. The third kappa shape index (κ3) is 5.50. The molecule has 0 fully saturated rings. The fraction of sp³-hybridized carbons (Fsp3) is 0.615. The van der Waals surface area contributed by atoms with E-state index < -0.39 is 0 Å². The van der Waals surface area contributed by atoms with Crippen molar-refractivity contribution in [1.29, 1.82) is 0 Å². The predicted octanol–water partition coefficient (Wildman–Crippen LogP) is 3.25. The second kappa shape index (κ2) is 6.97. The molecule has 1 rings (SSSR count). The summed E-state index contributed by atoms with van der Waals surface area (Å²) < 4.78 is 6.89. The number of nitrogens with zero attached hydrogens (tertiary/aromatic N) is 1. The van der Waals surface area contributed by atoms with Gasteiger partial charge < -0.3 is 10.1 Å². The second-order valence-electron chi connectivity index (χ2n) is 4.80. The SMILES string of the molecule is CC(C)NCC(Oc1cncc(Br)c1)C(C)C. The Morgan fingerprint density at radius 3 is 2.53 bits per heavy atom. The van der Waals surface area contributed by atoms with Crippen molar-refractivity contribution in [3.63, 3.8) is 0 Å². The number of ether oxygens (including phenoxy) is 1. The third-order valence-electron chi connectivity index (χ3n) is 2.44. The predicted molar refractivity (Wildman–Crippen MR) is 74.3 cm³/mol. The first-order chi connectivity index (χ1) is 7.99. The molecule has 0 amide bonds. The largest absolute Gasteiger partial charge is 0.487 e. The van der Waals surface area contributed by atoms with Crippen molar-refractivity contribution in [2.45, 2.75) is 39.8 Å². The highest BCUT2D eigenvalue weighted by molar-refractivity contribution is 9.10. The third-order valence-corrected chi connectivity index (χ3v) is 2.87. The van der Waals surface area contributed by atoms with Crippen molar-refractivity contribution in [1.82, 2.24) is 10.3 Å². The Bertz CT molecular complexity index is 342. The molecule has 0 aliphatic rings. The van der Waals surface area contributed by atoms with Gasteiger partial charge in [-0.25, -0.2) is 0 Å². The van der Waals surface area contributed by atoms with E-state index in [-0.39, 0.29) is 6.10 Å². The standard InChI is InChI=1S/C13H21BrN2O/c1-9(2)13(8-16-10(3)4)17-12-5-11(14)6-15-7-12/h5-7,9-10,13,16H,8H2,1-4H3. The fourth-order valence-corrected chi connectivity index (χ4v) is 1.74. The summed E-state index contributed by atoms with van der Waals surface area (Å²) in [6, 6.07) is 2.41. The van der Waals surface area contributed by atoms with Crippen molar-refractivity contribution < 1.29 is 4.74 Å². The lowest BCUT2D eigenvalue weighted by Gasteiger charge is -2.24. The van der Waals surface area contributed by atoms with Gasteiger partial charge >= 0.3 is 0 Å². The highest BCUT2D eigenvalue weighted by Crippen LogP contribution is 2.19. The topological polar surface area (TPSA) is 34.1 Å². The molecule has 1 aromatic rings. The maximum Gasteiger partial charge on any atom is 0.139 e. The lowest BCUT2D eigenvalue weighted by Crippen LogP contribution is -2.38. The molecule has 0 aliphatic carbocycles. The summed E-state index contributed by atoms with van der Waals surface area (Å²) in [6.45, 7) is 9.45. The molecule has 96 valence electrons. The van der Waals surface area contributed by atoms with Gasteiger partial charge in [0, 0.05) is 23.3 Å². The highest BCUT2D eigenvalue weighted by Gasteiger charge is 2.15. The van der Waals surface area contributed by atoms with Crippen LogP contribution in [0, 0.1) is 5.92 Å². The van der Waals surface area contributed by atoms with E-state index in [9.17, 15) is 0 Å². The average Bonchev–Trinajstić information content (AvgIpc) is 2.23. The van der Waals surface area contributed by atoms with E-state index in [1.54, 1.807) is 12.4 Å². The van der Waals surface area contributed by atoms with Crippen molar-refractivity contribution in [3.05, 3.63) is 22.9 Å². The maximum absolute atomic E-state index is 5.95. The fourth-order valence-electron chi connectivity index (χ4n) is 1.40. The Morgan fingerprint density at radius 2 is 2.00 bits per heavy atom. The minimum atomic E-state index is 0.161. The van der Waals surface area contributed by atoms with E-state index in [0.717, 1.165) is 16.8 Å². The first-order valence-corrected chi connectivity index (χ1v) is 6.79. The minimum absolute atomic E-state index is 0.161. The van der Waals surface area contributed by atoms with Gasteiger partial charge in [-0.15, -0.1) is 0 Å². The second-order valence-corrected chi connectivity index (χ2v) is 5.72. The molecule has 0 bridgehead atoms. The van der Waals surface area contributed by atoms with E-state index >= 15 is 0 Å². The maximum atomic E-state index is 5.95. The molecule has 4 heteroatoms. The number of halogens is 1. The summed E-state index contributed by atoms with van der Waals surface area (Å²) in [7, 11) is 0. The summed E-state index contributed by atoms with van der Waals surface area (Å²) >= 11 is 3.39. The minimum Gasteiger partial charge on any atom is -0.487 e. The van der Waals surface area contributed by atoms with Gasteiger partial charge in [0.15, 0.2) is 0 Å². The molecule has 3 nitrogen and oxygen atoms in total. The summed E-state index contributed by atoms with van der Waals surface area (Å²) in [4.78, 5) is 4.10. The molecule has 1 heterocycles. The smallest absolute Gasteiger partial charge is 0.139 e. The van der Waals surface area contributed by atoms with Gasteiger partial charge in [-0.05, 0) is 27.9 Å². The van der Waals surface area contributed by atoms with Crippen LogP contribution >= 0.6 is 15.9 Å². The molecule has 0 aliphatic heterocycles. The molecule has 0 radical (unpaired) electrons. The van der Waals surface area contributed by atoms with Gasteiger partial charge in [0.05, 0.1) is 6.20 Å². The quantitative estimate of drug-likeness (QED) is 0.876.